The fourth-order valence-corrected chi connectivity index (χ4v) is 1.40. The summed E-state index contributed by atoms with van der Waals surface area (Å²) in [4.78, 5) is 13.9. The van der Waals surface area contributed by atoms with E-state index in [4.69, 9.17) is 6.42 Å². The second kappa shape index (κ2) is 4.75. The molecule has 1 rings (SSSR count). The predicted octanol–water partition coefficient (Wildman–Crippen LogP) is 2.19. The minimum atomic E-state index is -0.511. The molecule has 0 fully saturated rings. The number of hydrogen-bond acceptors (Lipinski definition) is 4. The Morgan fingerprint density at radius 1 is 1.73 bits per heavy atom. The molecule has 1 atom stereocenters. The van der Waals surface area contributed by atoms with Gasteiger partial charge < -0.3 is 5.32 Å². The lowest BCUT2D eigenvalue weighted by Gasteiger charge is -2.10. The molecule has 0 radical (unpaired) electrons. The lowest BCUT2D eigenvalue weighted by Crippen LogP contribution is -2.14. The van der Waals surface area contributed by atoms with Crippen molar-refractivity contribution >= 4 is 27.3 Å². The number of pyridine rings is 1. The van der Waals surface area contributed by atoms with Gasteiger partial charge in [-0.25, -0.2) is 0 Å². The molecular weight excluding hydrogens is 262 g/mol. The van der Waals surface area contributed by atoms with E-state index in [0.717, 1.165) is 0 Å². The molecular formula is C9H8BrN3O2. The molecule has 1 N–H and O–H groups in total. The first-order valence-electron chi connectivity index (χ1n) is 4.06. The molecule has 1 aromatic rings. The number of nitrogens with one attached hydrogen (secondary N) is 1. The molecule has 0 aliphatic heterocycles. The second-order valence-corrected chi connectivity index (χ2v) is 3.66. The maximum absolute atomic E-state index is 10.7. The number of nitro groups is 1. The highest BCUT2D eigenvalue weighted by atomic mass is 79.9. The Morgan fingerprint density at radius 2 is 2.40 bits per heavy atom. The Hall–Kier alpha value is -1.61. The van der Waals surface area contributed by atoms with Gasteiger partial charge in [0.1, 0.15) is 11.9 Å². The predicted molar refractivity (Wildman–Crippen MR) is 60.5 cm³/mol. The first kappa shape index (κ1) is 11.5. The van der Waals surface area contributed by atoms with Crippen molar-refractivity contribution in [2.24, 2.45) is 0 Å². The number of anilines is 1. The van der Waals surface area contributed by atoms with Crippen LogP contribution in [0.25, 0.3) is 0 Å². The summed E-state index contributed by atoms with van der Waals surface area (Å²) in [7, 11) is 0. The molecule has 1 unspecified atom stereocenters. The Bertz CT molecular complexity index is 428. The molecule has 1 aromatic heterocycles. The topological polar surface area (TPSA) is 68.1 Å². The van der Waals surface area contributed by atoms with Crippen LogP contribution in [-0.2, 0) is 0 Å². The van der Waals surface area contributed by atoms with Crippen LogP contribution in [-0.4, -0.2) is 15.9 Å². The highest BCUT2D eigenvalue weighted by Crippen LogP contribution is 2.31. The second-order valence-electron chi connectivity index (χ2n) is 2.81. The zero-order valence-electron chi connectivity index (χ0n) is 7.90. The van der Waals surface area contributed by atoms with Crippen LogP contribution < -0.4 is 5.32 Å². The Balaban J connectivity index is 3.14. The first-order chi connectivity index (χ1) is 7.06. The van der Waals surface area contributed by atoms with E-state index in [1.54, 1.807) is 6.92 Å². The molecule has 5 nitrogen and oxygen atoms in total. The van der Waals surface area contributed by atoms with Crippen LogP contribution in [0.2, 0.25) is 0 Å². The van der Waals surface area contributed by atoms with Crippen molar-refractivity contribution in [2.75, 3.05) is 5.32 Å². The van der Waals surface area contributed by atoms with Crippen molar-refractivity contribution < 1.29 is 4.92 Å². The van der Waals surface area contributed by atoms with Crippen molar-refractivity contribution in [1.82, 2.24) is 4.98 Å². The van der Waals surface area contributed by atoms with Gasteiger partial charge in [0.05, 0.1) is 15.4 Å². The van der Waals surface area contributed by atoms with Gasteiger partial charge in [0.25, 0.3) is 0 Å². The Morgan fingerprint density at radius 3 is 2.93 bits per heavy atom. The van der Waals surface area contributed by atoms with Gasteiger partial charge in [-0.05, 0) is 22.9 Å². The number of aromatic nitrogens is 1. The van der Waals surface area contributed by atoms with Gasteiger partial charge >= 0.3 is 5.69 Å². The molecule has 0 spiro atoms. The molecule has 6 heteroatoms. The monoisotopic (exact) mass is 269 g/mol. The zero-order chi connectivity index (χ0) is 11.4. The van der Waals surface area contributed by atoms with Crippen LogP contribution in [0.5, 0.6) is 0 Å². The summed E-state index contributed by atoms with van der Waals surface area (Å²) in [5.41, 5.74) is 0.243. The fraction of sp³-hybridized carbons (Fsp3) is 0.222. The average molecular weight is 270 g/mol. The van der Waals surface area contributed by atoms with Crippen LogP contribution in [0.4, 0.5) is 11.4 Å². The van der Waals surface area contributed by atoms with Gasteiger partial charge in [0.2, 0.25) is 0 Å². The third-order valence-corrected chi connectivity index (χ3v) is 2.29. The third kappa shape index (κ3) is 2.67. The summed E-state index contributed by atoms with van der Waals surface area (Å²) in [6, 6.07) is -0.289. The van der Waals surface area contributed by atoms with E-state index in [9.17, 15) is 10.1 Å². The normalized spacial score (nSPS) is 11.5. The van der Waals surface area contributed by atoms with E-state index in [-0.39, 0.29) is 11.7 Å². The largest absolute Gasteiger partial charge is 0.365 e. The Kier molecular flexibility index (Phi) is 3.63. The molecule has 78 valence electrons. The van der Waals surface area contributed by atoms with Crippen LogP contribution >= 0.6 is 15.9 Å². The summed E-state index contributed by atoms with van der Waals surface area (Å²) in [6.07, 6.45) is 7.83. The average Bonchev–Trinajstić information content (AvgIpc) is 2.20. The minimum absolute atomic E-state index is 0.105. The van der Waals surface area contributed by atoms with Crippen LogP contribution in [0, 0.1) is 22.5 Å². The van der Waals surface area contributed by atoms with E-state index in [0.29, 0.717) is 10.2 Å². The van der Waals surface area contributed by atoms with E-state index < -0.39 is 4.92 Å². The van der Waals surface area contributed by atoms with Gasteiger partial charge in [-0.15, -0.1) is 6.42 Å². The molecule has 0 aromatic carbocycles. The number of rotatable bonds is 3. The van der Waals surface area contributed by atoms with Gasteiger partial charge in [0, 0.05) is 6.20 Å². The summed E-state index contributed by atoms with van der Waals surface area (Å²) < 4.78 is 0.513. The minimum Gasteiger partial charge on any atom is -0.365 e. The van der Waals surface area contributed by atoms with Crippen LogP contribution in [0.15, 0.2) is 16.9 Å². The number of terminal acetylenes is 1. The molecule has 0 saturated heterocycles. The summed E-state index contributed by atoms with van der Waals surface area (Å²) in [6.45, 7) is 1.73. The number of nitrogens with zero attached hydrogens (tertiary/aromatic N) is 2. The maximum atomic E-state index is 10.7. The van der Waals surface area contributed by atoms with Crippen molar-refractivity contribution in [3.8, 4) is 12.3 Å². The molecule has 0 amide bonds. The molecule has 0 saturated carbocycles. The SMILES string of the molecule is C#CC(C)Nc1c(Br)cncc1[N+](=O)[O-]. The van der Waals surface area contributed by atoms with Crippen molar-refractivity contribution in [1.29, 1.82) is 0 Å². The molecule has 0 bridgehead atoms. The summed E-state index contributed by atoms with van der Waals surface area (Å²) >= 11 is 3.18. The van der Waals surface area contributed by atoms with Gasteiger partial charge in [0.15, 0.2) is 0 Å². The molecule has 0 aliphatic rings. The van der Waals surface area contributed by atoms with Crippen molar-refractivity contribution in [3.63, 3.8) is 0 Å². The van der Waals surface area contributed by atoms with Crippen molar-refractivity contribution in [2.45, 2.75) is 13.0 Å². The quantitative estimate of drug-likeness (QED) is 0.519. The van der Waals surface area contributed by atoms with E-state index in [1.165, 1.54) is 12.4 Å². The van der Waals surface area contributed by atoms with Gasteiger partial charge in [-0.2, -0.15) is 0 Å². The molecule has 15 heavy (non-hydrogen) atoms. The number of halogens is 1. The number of hydrogen-bond donors (Lipinski definition) is 1. The van der Waals surface area contributed by atoms with Crippen molar-refractivity contribution in [3.05, 3.63) is 27.0 Å². The highest BCUT2D eigenvalue weighted by molar-refractivity contribution is 9.10. The van der Waals surface area contributed by atoms with E-state index in [1.807, 2.05) is 0 Å². The lowest BCUT2D eigenvalue weighted by atomic mass is 10.3. The molecule has 0 aliphatic carbocycles. The lowest BCUT2D eigenvalue weighted by molar-refractivity contribution is -0.384. The van der Waals surface area contributed by atoms with E-state index in [2.05, 4.69) is 32.2 Å². The van der Waals surface area contributed by atoms with Gasteiger partial charge in [-0.3, -0.25) is 15.1 Å². The fourth-order valence-electron chi connectivity index (χ4n) is 0.964. The van der Waals surface area contributed by atoms with Gasteiger partial charge in [-0.1, -0.05) is 5.92 Å². The van der Waals surface area contributed by atoms with Crippen LogP contribution in [0.1, 0.15) is 6.92 Å². The van der Waals surface area contributed by atoms with Crippen LogP contribution in [0.3, 0.4) is 0 Å². The summed E-state index contributed by atoms with van der Waals surface area (Å²) in [5, 5.41) is 13.5. The highest BCUT2D eigenvalue weighted by Gasteiger charge is 2.17. The molecule has 1 heterocycles. The first-order valence-corrected chi connectivity index (χ1v) is 4.86. The smallest absolute Gasteiger partial charge is 0.311 e. The summed E-state index contributed by atoms with van der Waals surface area (Å²) in [5.74, 6) is 2.43. The zero-order valence-corrected chi connectivity index (χ0v) is 9.48. The maximum Gasteiger partial charge on any atom is 0.311 e. The Labute approximate surface area is 95.2 Å². The van der Waals surface area contributed by atoms with E-state index >= 15 is 0 Å². The third-order valence-electron chi connectivity index (χ3n) is 1.69. The standard InChI is InChI=1S/C9H8BrN3O2/c1-3-6(2)12-9-7(10)4-11-5-8(9)13(14)15/h1,4-6H,2H3,(H,11,12).